The summed E-state index contributed by atoms with van der Waals surface area (Å²) in [5, 5.41) is 2.74. The second-order valence-corrected chi connectivity index (χ2v) is 5.74. The fraction of sp³-hybridized carbons (Fsp3) is 0.278. The molecule has 0 unspecified atom stereocenters. The van der Waals surface area contributed by atoms with E-state index in [9.17, 15) is 13.6 Å². The number of nitrogens with one attached hydrogen (secondary N) is 1. The molecule has 0 bridgehead atoms. The van der Waals surface area contributed by atoms with Crippen molar-refractivity contribution < 1.29 is 18.3 Å². The summed E-state index contributed by atoms with van der Waals surface area (Å²) >= 11 is 0. The fourth-order valence-corrected chi connectivity index (χ4v) is 2.75. The molecular weight excluding hydrogens is 300 g/mol. The normalized spacial score (nSPS) is 14.0. The number of rotatable bonds is 4. The van der Waals surface area contributed by atoms with Gasteiger partial charge in [0, 0.05) is 18.5 Å². The lowest BCUT2D eigenvalue weighted by Crippen LogP contribution is -2.34. The van der Waals surface area contributed by atoms with Crippen molar-refractivity contribution in [3.05, 3.63) is 64.7 Å². The highest BCUT2D eigenvalue weighted by Crippen LogP contribution is 2.26. The molecule has 0 spiro atoms. The smallest absolute Gasteiger partial charge is 0.254 e. The molecule has 0 radical (unpaired) electrons. The minimum absolute atomic E-state index is 0.152. The van der Waals surface area contributed by atoms with Crippen LogP contribution in [0.2, 0.25) is 0 Å². The summed E-state index contributed by atoms with van der Waals surface area (Å²) in [6.07, 6.45) is 1.52. The molecule has 3 nitrogen and oxygen atoms in total. The maximum Gasteiger partial charge on any atom is 0.254 e. The predicted octanol–water partition coefficient (Wildman–Crippen LogP) is 3.26. The third-order valence-electron chi connectivity index (χ3n) is 3.85. The van der Waals surface area contributed by atoms with Gasteiger partial charge in [0.1, 0.15) is 17.4 Å². The second-order valence-electron chi connectivity index (χ2n) is 5.74. The van der Waals surface area contributed by atoms with E-state index in [0.717, 1.165) is 29.9 Å². The van der Waals surface area contributed by atoms with E-state index in [1.807, 2.05) is 19.1 Å². The van der Waals surface area contributed by atoms with Gasteiger partial charge >= 0.3 is 0 Å². The molecule has 3 rings (SSSR count). The lowest BCUT2D eigenvalue weighted by atomic mass is 10.0. The highest BCUT2D eigenvalue weighted by atomic mass is 19.1. The van der Waals surface area contributed by atoms with Crippen LogP contribution in [0.5, 0.6) is 5.75 Å². The van der Waals surface area contributed by atoms with E-state index >= 15 is 0 Å². The van der Waals surface area contributed by atoms with Gasteiger partial charge in [0.05, 0.1) is 12.2 Å². The van der Waals surface area contributed by atoms with Gasteiger partial charge in [0.25, 0.3) is 5.91 Å². The molecular formula is C18H17F2NO2. The van der Waals surface area contributed by atoms with Crippen LogP contribution in [-0.4, -0.2) is 18.6 Å². The Bertz CT molecular complexity index is 746. The topological polar surface area (TPSA) is 38.3 Å². The van der Waals surface area contributed by atoms with E-state index in [1.54, 1.807) is 0 Å². The van der Waals surface area contributed by atoms with Gasteiger partial charge in [0.2, 0.25) is 0 Å². The maximum absolute atomic E-state index is 13.6. The highest BCUT2D eigenvalue weighted by molar-refractivity contribution is 5.94. The van der Waals surface area contributed by atoms with Crippen molar-refractivity contribution >= 4 is 5.91 Å². The third-order valence-corrected chi connectivity index (χ3v) is 3.85. The van der Waals surface area contributed by atoms with Crippen molar-refractivity contribution in [2.75, 3.05) is 6.61 Å². The van der Waals surface area contributed by atoms with Crippen LogP contribution in [0.15, 0.2) is 36.4 Å². The van der Waals surface area contributed by atoms with E-state index in [2.05, 4.69) is 11.4 Å². The number of benzene rings is 2. The monoisotopic (exact) mass is 317 g/mol. The first-order valence-corrected chi connectivity index (χ1v) is 7.53. The molecule has 23 heavy (non-hydrogen) atoms. The molecule has 1 amide bonds. The van der Waals surface area contributed by atoms with Gasteiger partial charge in [0.15, 0.2) is 0 Å². The summed E-state index contributed by atoms with van der Waals surface area (Å²) in [7, 11) is 0. The van der Waals surface area contributed by atoms with Gasteiger partial charge in [-0.05, 0) is 42.7 Å². The average molecular weight is 317 g/mol. The van der Waals surface area contributed by atoms with Gasteiger partial charge in [-0.1, -0.05) is 12.1 Å². The summed E-state index contributed by atoms with van der Waals surface area (Å²) in [6.45, 7) is 2.55. The zero-order chi connectivity index (χ0) is 16.4. The molecule has 0 saturated carbocycles. The van der Waals surface area contributed by atoms with Crippen molar-refractivity contribution in [2.24, 2.45) is 0 Å². The largest absolute Gasteiger partial charge is 0.493 e. The molecule has 1 N–H and O–H groups in total. The van der Waals surface area contributed by atoms with Crippen LogP contribution in [0.25, 0.3) is 0 Å². The van der Waals surface area contributed by atoms with E-state index in [0.29, 0.717) is 19.1 Å². The van der Waals surface area contributed by atoms with Crippen molar-refractivity contribution in [2.45, 2.75) is 25.8 Å². The predicted molar refractivity (Wildman–Crippen MR) is 82.6 cm³/mol. The fourth-order valence-electron chi connectivity index (χ4n) is 2.75. The van der Waals surface area contributed by atoms with Crippen LogP contribution in [0.1, 0.15) is 28.4 Å². The van der Waals surface area contributed by atoms with Crippen molar-refractivity contribution in [1.82, 2.24) is 5.32 Å². The van der Waals surface area contributed by atoms with Crippen molar-refractivity contribution in [1.29, 1.82) is 0 Å². The van der Waals surface area contributed by atoms with Crippen LogP contribution in [0.4, 0.5) is 8.78 Å². The van der Waals surface area contributed by atoms with E-state index in [1.165, 1.54) is 5.56 Å². The Labute approximate surface area is 133 Å². The van der Waals surface area contributed by atoms with Crippen LogP contribution in [-0.2, 0) is 12.8 Å². The lowest BCUT2D eigenvalue weighted by Gasteiger charge is -2.15. The van der Waals surface area contributed by atoms with Gasteiger partial charge < -0.3 is 10.1 Å². The van der Waals surface area contributed by atoms with Crippen LogP contribution in [0, 0.1) is 11.6 Å². The number of amides is 1. The lowest BCUT2D eigenvalue weighted by molar-refractivity contribution is 0.0936. The first kappa shape index (κ1) is 15.5. The van der Waals surface area contributed by atoms with Crippen LogP contribution < -0.4 is 10.1 Å². The van der Waals surface area contributed by atoms with Crippen molar-refractivity contribution in [3.8, 4) is 5.75 Å². The van der Waals surface area contributed by atoms with E-state index < -0.39 is 17.5 Å². The SMILES string of the molecule is C[C@H](Cc1ccc2c(c1)CCO2)NC(=O)c1ccc(F)cc1F. The summed E-state index contributed by atoms with van der Waals surface area (Å²) < 4.78 is 32.0. The molecule has 1 aliphatic rings. The van der Waals surface area contributed by atoms with Crippen molar-refractivity contribution in [3.63, 3.8) is 0 Å². The molecule has 1 heterocycles. The van der Waals surface area contributed by atoms with Gasteiger partial charge in [-0.25, -0.2) is 8.78 Å². The molecule has 2 aromatic carbocycles. The Kier molecular flexibility index (Phi) is 4.28. The van der Waals surface area contributed by atoms with Gasteiger partial charge in [-0.15, -0.1) is 0 Å². The first-order valence-electron chi connectivity index (χ1n) is 7.53. The molecule has 1 aliphatic heterocycles. The number of halogens is 2. The zero-order valence-corrected chi connectivity index (χ0v) is 12.7. The summed E-state index contributed by atoms with van der Waals surface area (Å²) in [6, 6.07) is 8.73. The molecule has 0 saturated heterocycles. The Morgan fingerprint density at radius 2 is 2.09 bits per heavy atom. The molecule has 1 atom stereocenters. The molecule has 0 aromatic heterocycles. The minimum atomic E-state index is -0.857. The molecule has 2 aromatic rings. The Hall–Kier alpha value is -2.43. The van der Waals surface area contributed by atoms with E-state index in [4.69, 9.17) is 4.74 Å². The quantitative estimate of drug-likeness (QED) is 0.940. The molecule has 120 valence electrons. The zero-order valence-electron chi connectivity index (χ0n) is 12.7. The summed E-state index contributed by atoms with van der Waals surface area (Å²) in [5.74, 6) is -1.19. The maximum atomic E-state index is 13.6. The highest BCUT2D eigenvalue weighted by Gasteiger charge is 2.16. The average Bonchev–Trinajstić information content (AvgIpc) is 2.94. The number of ether oxygens (including phenoxy) is 1. The number of hydrogen-bond acceptors (Lipinski definition) is 2. The van der Waals surface area contributed by atoms with Gasteiger partial charge in [-0.2, -0.15) is 0 Å². The third kappa shape index (κ3) is 3.50. The molecule has 0 fully saturated rings. The molecule has 0 aliphatic carbocycles. The van der Waals surface area contributed by atoms with Crippen LogP contribution in [0.3, 0.4) is 0 Å². The molecule has 5 heteroatoms. The second kappa shape index (κ2) is 6.36. The number of carbonyl (C=O) groups excluding carboxylic acids is 1. The van der Waals surface area contributed by atoms with Crippen LogP contribution >= 0.6 is 0 Å². The minimum Gasteiger partial charge on any atom is -0.493 e. The Morgan fingerprint density at radius 1 is 1.26 bits per heavy atom. The number of carbonyl (C=O) groups is 1. The summed E-state index contributed by atoms with van der Waals surface area (Å²) in [5.41, 5.74) is 2.10. The Balaban J connectivity index is 1.64. The number of fused-ring (bicyclic) bond motifs is 1. The Morgan fingerprint density at radius 3 is 2.87 bits per heavy atom. The number of hydrogen-bond donors (Lipinski definition) is 1. The standard InChI is InChI=1S/C18H17F2NO2/c1-11(8-12-2-5-17-13(9-12)6-7-23-17)21-18(22)15-4-3-14(19)10-16(15)20/h2-5,9-11H,6-8H2,1H3,(H,21,22)/t11-/m1/s1. The first-order chi connectivity index (χ1) is 11.0. The van der Waals surface area contributed by atoms with Gasteiger partial charge in [-0.3, -0.25) is 4.79 Å². The summed E-state index contributed by atoms with van der Waals surface area (Å²) in [4.78, 5) is 12.1. The van der Waals surface area contributed by atoms with E-state index in [-0.39, 0.29) is 11.6 Å².